The minimum absolute atomic E-state index is 0.0234. The number of nitrogens with zero attached hydrogens (tertiary/aromatic N) is 1. The summed E-state index contributed by atoms with van der Waals surface area (Å²) < 4.78 is 13.9. The van der Waals surface area contributed by atoms with Crippen LogP contribution in [0.2, 0.25) is 0 Å². The van der Waals surface area contributed by atoms with Crippen molar-refractivity contribution in [2.45, 2.75) is 31.3 Å². The van der Waals surface area contributed by atoms with Crippen LogP contribution in [0.4, 0.5) is 10.1 Å². The first-order valence-electron chi connectivity index (χ1n) is 8.57. The van der Waals surface area contributed by atoms with Crippen molar-refractivity contribution in [1.82, 2.24) is 5.32 Å². The predicted molar refractivity (Wildman–Crippen MR) is 97.7 cm³/mol. The van der Waals surface area contributed by atoms with Gasteiger partial charge in [0, 0.05) is 24.1 Å². The van der Waals surface area contributed by atoms with Crippen molar-refractivity contribution in [3.63, 3.8) is 0 Å². The van der Waals surface area contributed by atoms with E-state index in [2.05, 4.69) is 30.1 Å². The van der Waals surface area contributed by atoms with Gasteiger partial charge < -0.3 is 10.2 Å². The third-order valence-corrected chi connectivity index (χ3v) is 5.51. The monoisotopic (exact) mass is 336 g/mol. The lowest BCUT2D eigenvalue weighted by Gasteiger charge is -2.49. The molecule has 1 atom stereocenters. The maximum atomic E-state index is 13.9. The van der Waals surface area contributed by atoms with Crippen LogP contribution in [0.15, 0.2) is 54.6 Å². The van der Waals surface area contributed by atoms with Crippen LogP contribution in [0.1, 0.15) is 31.4 Å². The fourth-order valence-corrected chi connectivity index (χ4v) is 4.11. The molecule has 128 valence electrons. The van der Waals surface area contributed by atoms with E-state index in [1.165, 1.54) is 6.07 Å². The minimum Gasteiger partial charge on any atom is -0.344 e. The molecular weight excluding hydrogens is 315 g/mol. The summed E-state index contributed by atoms with van der Waals surface area (Å²) in [5.74, 6) is -0.226. The largest absolute Gasteiger partial charge is 0.344 e. The molecule has 0 bridgehead atoms. The first kappa shape index (κ1) is 15.9. The Balaban J connectivity index is 1.87. The lowest BCUT2D eigenvalue weighted by Crippen LogP contribution is -2.68. The molecule has 1 N–H and O–H groups in total. The summed E-state index contributed by atoms with van der Waals surface area (Å²) in [7, 11) is 0. The summed E-state index contributed by atoms with van der Waals surface area (Å²) in [6, 6.07) is 14.9. The number of anilines is 1. The Morgan fingerprint density at radius 1 is 1.16 bits per heavy atom. The van der Waals surface area contributed by atoms with Gasteiger partial charge in [-0.1, -0.05) is 50.3 Å². The van der Waals surface area contributed by atoms with Gasteiger partial charge in [-0.2, -0.15) is 0 Å². The van der Waals surface area contributed by atoms with Crippen molar-refractivity contribution in [1.29, 1.82) is 0 Å². The Morgan fingerprint density at radius 2 is 1.92 bits per heavy atom. The Labute approximate surface area is 147 Å². The number of halogens is 1. The van der Waals surface area contributed by atoms with Gasteiger partial charge in [0.25, 0.3) is 0 Å². The van der Waals surface area contributed by atoms with E-state index >= 15 is 0 Å². The average molecular weight is 336 g/mol. The van der Waals surface area contributed by atoms with E-state index in [0.29, 0.717) is 13.0 Å². The Kier molecular flexibility index (Phi) is 3.46. The summed E-state index contributed by atoms with van der Waals surface area (Å²) in [4.78, 5) is 14.5. The molecule has 0 saturated carbocycles. The van der Waals surface area contributed by atoms with Gasteiger partial charge in [-0.05, 0) is 35.4 Å². The lowest BCUT2D eigenvalue weighted by atomic mass is 9.74. The lowest BCUT2D eigenvalue weighted by molar-refractivity contribution is -0.124. The average Bonchev–Trinajstić information content (AvgIpc) is 2.78. The van der Waals surface area contributed by atoms with Crippen molar-refractivity contribution in [3.8, 4) is 0 Å². The van der Waals surface area contributed by atoms with Crippen molar-refractivity contribution in [2.24, 2.45) is 0 Å². The van der Waals surface area contributed by atoms with Gasteiger partial charge in [0.05, 0.1) is 0 Å². The van der Waals surface area contributed by atoms with E-state index in [-0.39, 0.29) is 11.7 Å². The number of amides is 1. The smallest absolute Gasteiger partial charge is 0.223 e. The van der Waals surface area contributed by atoms with Gasteiger partial charge in [0.15, 0.2) is 0 Å². The fraction of sp³-hybridized carbons (Fsp3) is 0.286. The van der Waals surface area contributed by atoms with Crippen LogP contribution in [0.5, 0.6) is 0 Å². The molecule has 2 aromatic carbocycles. The first-order valence-corrected chi connectivity index (χ1v) is 8.57. The molecule has 1 unspecified atom stereocenters. The van der Waals surface area contributed by atoms with Crippen LogP contribution in [0.3, 0.4) is 0 Å². The normalized spacial score (nSPS) is 24.1. The van der Waals surface area contributed by atoms with E-state index in [1.54, 1.807) is 6.07 Å². The SMILES string of the molecule is CC1(C)c2cc(F)ccc2N2CCC(=O)NC21C=Cc1ccccc1. The Morgan fingerprint density at radius 3 is 2.68 bits per heavy atom. The summed E-state index contributed by atoms with van der Waals surface area (Å²) in [6.45, 7) is 4.74. The minimum atomic E-state index is -0.700. The second-order valence-corrected chi connectivity index (χ2v) is 7.25. The molecule has 0 spiro atoms. The van der Waals surface area contributed by atoms with Crippen LogP contribution in [-0.2, 0) is 10.2 Å². The highest BCUT2D eigenvalue weighted by Crippen LogP contribution is 2.52. The molecule has 3 nitrogen and oxygen atoms in total. The number of hydrogen-bond acceptors (Lipinski definition) is 2. The van der Waals surface area contributed by atoms with Crippen LogP contribution in [0, 0.1) is 5.82 Å². The predicted octanol–water partition coefficient (Wildman–Crippen LogP) is 3.85. The molecule has 4 rings (SSSR count). The number of nitrogens with one attached hydrogen (secondary N) is 1. The van der Waals surface area contributed by atoms with Gasteiger partial charge in [-0.15, -0.1) is 0 Å². The molecule has 0 radical (unpaired) electrons. The molecule has 1 fully saturated rings. The number of carbonyl (C=O) groups excluding carboxylic acids is 1. The first-order chi connectivity index (χ1) is 11.9. The molecule has 25 heavy (non-hydrogen) atoms. The zero-order valence-electron chi connectivity index (χ0n) is 14.4. The number of benzene rings is 2. The van der Waals surface area contributed by atoms with Crippen LogP contribution in [0.25, 0.3) is 6.08 Å². The van der Waals surface area contributed by atoms with Gasteiger partial charge in [-0.25, -0.2) is 4.39 Å². The second kappa shape index (κ2) is 5.45. The molecule has 2 aliphatic rings. The van der Waals surface area contributed by atoms with E-state index in [4.69, 9.17) is 0 Å². The zero-order valence-corrected chi connectivity index (χ0v) is 14.4. The highest BCUT2D eigenvalue weighted by molar-refractivity contribution is 5.84. The summed E-state index contributed by atoms with van der Waals surface area (Å²) >= 11 is 0. The molecule has 2 aromatic rings. The van der Waals surface area contributed by atoms with E-state index in [1.807, 2.05) is 42.5 Å². The number of fused-ring (bicyclic) bond motifs is 3. The van der Waals surface area contributed by atoms with E-state index in [9.17, 15) is 9.18 Å². The Bertz CT molecular complexity index is 859. The standard InChI is InChI=1S/C21H21FN2O/c1-20(2)17-14-16(22)8-9-18(17)24-13-11-19(25)23-21(20,24)12-10-15-6-4-3-5-7-15/h3-10,12,14H,11,13H2,1-2H3,(H,23,25). The van der Waals surface area contributed by atoms with Crippen LogP contribution < -0.4 is 10.2 Å². The van der Waals surface area contributed by atoms with E-state index in [0.717, 1.165) is 16.8 Å². The van der Waals surface area contributed by atoms with Crippen molar-refractivity contribution < 1.29 is 9.18 Å². The molecule has 4 heteroatoms. The topological polar surface area (TPSA) is 32.3 Å². The van der Waals surface area contributed by atoms with Gasteiger partial charge >= 0.3 is 0 Å². The zero-order chi connectivity index (χ0) is 17.7. The number of hydrogen-bond donors (Lipinski definition) is 1. The number of rotatable bonds is 2. The summed E-state index contributed by atoms with van der Waals surface area (Å²) in [5.41, 5.74) is 1.81. The van der Waals surface area contributed by atoms with E-state index < -0.39 is 11.1 Å². The number of carbonyl (C=O) groups is 1. The summed E-state index contributed by atoms with van der Waals surface area (Å²) in [6.07, 6.45) is 4.52. The summed E-state index contributed by atoms with van der Waals surface area (Å²) in [5, 5.41) is 3.20. The van der Waals surface area contributed by atoms with Crippen LogP contribution >= 0.6 is 0 Å². The highest BCUT2D eigenvalue weighted by atomic mass is 19.1. The van der Waals surface area contributed by atoms with Gasteiger partial charge in [-0.3, -0.25) is 4.79 Å². The maximum absolute atomic E-state index is 13.9. The van der Waals surface area contributed by atoms with Crippen molar-refractivity contribution in [2.75, 3.05) is 11.4 Å². The Hall–Kier alpha value is -2.62. The molecule has 1 saturated heterocycles. The quantitative estimate of drug-likeness (QED) is 0.903. The second-order valence-electron chi connectivity index (χ2n) is 7.25. The van der Waals surface area contributed by atoms with Crippen molar-refractivity contribution in [3.05, 3.63) is 71.6 Å². The molecule has 2 heterocycles. The molecule has 2 aliphatic heterocycles. The molecule has 0 aliphatic carbocycles. The van der Waals surface area contributed by atoms with Gasteiger partial charge in [0.1, 0.15) is 11.5 Å². The maximum Gasteiger partial charge on any atom is 0.223 e. The van der Waals surface area contributed by atoms with Crippen LogP contribution in [-0.4, -0.2) is 18.1 Å². The molecule has 0 aromatic heterocycles. The molecule has 1 amide bonds. The highest BCUT2D eigenvalue weighted by Gasteiger charge is 2.57. The van der Waals surface area contributed by atoms with Crippen molar-refractivity contribution >= 4 is 17.7 Å². The third kappa shape index (κ3) is 2.28. The fourth-order valence-electron chi connectivity index (χ4n) is 4.11. The molecular formula is C21H21FN2O. The third-order valence-electron chi connectivity index (χ3n) is 5.51. The van der Waals surface area contributed by atoms with Gasteiger partial charge in [0.2, 0.25) is 5.91 Å².